The largest absolute Gasteiger partial charge is 0.490 e. The van der Waals surface area contributed by atoms with E-state index >= 15 is 0 Å². The molecule has 0 amide bonds. The number of ketones is 1. The number of Topliss-reactive ketones (excluding diaryl/α,β-unsaturated/α-hetero) is 1. The zero-order valence-electron chi connectivity index (χ0n) is 13.2. The van der Waals surface area contributed by atoms with Crippen LogP contribution in [0.2, 0.25) is 0 Å². The minimum Gasteiger partial charge on any atom is -0.490 e. The van der Waals surface area contributed by atoms with Gasteiger partial charge < -0.3 is 4.74 Å². The first-order valence-electron chi connectivity index (χ1n) is 7.81. The number of carbonyl (C=O) groups excluding carboxylic acids is 1. The molecular weight excluding hydrogens is 248 g/mol. The van der Waals surface area contributed by atoms with Crippen molar-refractivity contribution in [2.75, 3.05) is 0 Å². The summed E-state index contributed by atoms with van der Waals surface area (Å²) in [5.74, 6) is 1.27. The Hall–Kier alpha value is -1.31. The zero-order chi connectivity index (χ0) is 14.7. The number of ether oxygens (including phenoxy) is 1. The van der Waals surface area contributed by atoms with Crippen molar-refractivity contribution in [3.8, 4) is 5.75 Å². The molecule has 1 aliphatic rings. The Kier molecular flexibility index (Phi) is 4.85. The second-order valence-electron chi connectivity index (χ2n) is 6.32. The summed E-state index contributed by atoms with van der Waals surface area (Å²) in [4.78, 5) is 12.8. The maximum absolute atomic E-state index is 12.8. The summed E-state index contributed by atoms with van der Waals surface area (Å²) < 4.78 is 5.92. The quantitative estimate of drug-likeness (QED) is 0.733. The van der Waals surface area contributed by atoms with Crippen molar-refractivity contribution < 1.29 is 9.53 Å². The molecule has 1 aromatic carbocycles. The molecule has 1 saturated carbocycles. The zero-order valence-corrected chi connectivity index (χ0v) is 13.2. The molecule has 0 aromatic heterocycles. The van der Waals surface area contributed by atoms with Crippen molar-refractivity contribution in [3.63, 3.8) is 0 Å². The molecule has 0 radical (unpaired) electrons. The Morgan fingerprint density at radius 1 is 1.15 bits per heavy atom. The van der Waals surface area contributed by atoms with Crippen LogP contribution in [-0.4, -0.2) is 11.9 Å². The molecule has 1 aliphatic carbocycles. The Labute approximate surface area is 122 Å². The lowest BCUT2D eigenvalue weighted by Gasteiger charge is -2.23. The van der Waals surface area contributed by atoms with Crippen molar-refractivity contribution >= 4 is 5.78 Å². The summed E-state index contributed by atoms with van der Waals surface area (Å²) >= 11 is 0. The highest BCUT2D eigenvalue weighted by Gasteiger charge is 2.26. The molecule has 0 saturated heterocycles. The smallest absolute Gasteiger partial charge is 0.169 e. The van der Waals surface area contributed by atoms with Gasteiger partial charge in [-0.3, -0.25) is 4.79 Å². The third-order valence-electron chi connectivity index (χ3n) is 4.01. The van der Waals surface area contributed by atoms with Crippen LogP contribution in [-0.2, 0) is 0 Å². The monoisotopic (exact) mass is 274 g/mol. The molecule has 2 rings (SSSR count). The Morgan fingerprint density at radius 3 is 2.40 bits per heavy atom. The number of hydrogen-bond acceptors (Lipinski definition) is 2. The van der Waals surface area contributed by atoms with Crippen LogP contribution in [0.1, 0.15) is 67.4 Å². The van der Waals surface area contributed by atoms with Crippen LogP contribution in [0.5, 0.6) is 5.75 Å². The normalized spacial score (nSPS) is 16.4. The van der Waals surface area contributed by atoms with Crippen molar-refractivity contribution in [1.82, 2.24) is 0 Å². The lowest BCUT2D eigenvalue weighted by molar-refractivity contribution is 0.0883. The maximum atomic E-state index is 12.8. The van der Waals surface area contributed by atoms with Gasteiger partial charge in [0.2, 0.25) is 0 Å². The van der Waals surface area contributed by atoms with Gasteiger partial charge in [0.05, 0.1) is 11.7 Å². The first-order chi connectivity index (χ1) is 9.49. The van der Waals surface area contributed by atoms with Gasteiger partial charge in [0, 0.05) is 5.92 Å². The Balaban J connectivity index is 2.35. The molecule has 0 spiro atoms. The van der Waals surface area contributed by atoms with Crippen LogP contribution in [0.25, 0.3) is 0 Å². The molecule has 110 valence electrons. The van der Waals surface area contributed by atoms with Gasteiger partial charge >= 0.3 is 0 Å². The fraction of sp³-hybridized carbons (Fsp3) is 0.611. The number of hydrogen-bond donors (Lipinski definition) is 0. The first kappa shape index (κ1) is 15.1. The standard InChI is InChI=1S/C18H26O2/c1-12(2)20-18-14(4)10-13(3)11-16(18)17(19)15-8-6-5-7-9-15/h10-12,15H,5-9H2,1-4H3. The minimum absolute atomic E-state index is 0.0920. The van der Waals surface area contributed by atoms with E-state index < -0.39 is 0 Å². The van der Waals surface area contributed by atoms with E-state index in [2.05, 4.69) is 6.07 Å². The van der Waals surface area contributed by atoms with Gasteiger partial charge in [0.25, 0.3) is 0 Å². The summed E-state index contributed by atoms with van der Waals surface area (Å²) in [6.07, 6.45) is 5.80. The molecule has 0 aliphatic heterocycles. The molecule has 1 aromatic rings. The van der Waals surface area contributed by atoms with Crippen LogP contribution in [0.4, 0.5) is 0 Å². The highest BCUT2D eigenvalue weighted by Crippen LogP contribution is 2.33. The van der Waals surface area contributed by atoms with Crippen LogP contribution in [0.3, 0.4) is 0 Å². The second kappa shape index (κ2) is 6.43. The van der Waals surface area contributed by atoms with Crippen LogP contribution in [0, 0.1) is 19.8 Å². The minimum atomic E-state index is 0.0920. The van der Waals surface area contributed by atoms with Gasteiger partial charge in [0.1, 0.15) is 5.75 Å². The van der Waals surface area contributed by atoms with E-state index in [9.17, 15) is 4.79 Å². The van der Waals surface area contributed by atoms with E-state index in [4.69, 9.17) is 4.74 Å². The molecule has 0 bridgehead atoms. The molecule has 0 N–H and O–H groups in total. The molecule has 0 atom stereocenters. The van der Waals surface area contributed by atoms with E-state index in [0.29, 0.717) is 0 Å². The van der Waals surface area contributed by atoms with E-state index in [1.807, 2.05) is 33.8 Å². The predicted octanol–water partition coefficient (Wildman–Crippen LogP) is 4.85. The summed E-state index contributed by atoms with van der Waals surface area (Å²) in [5, 5.41) is 0. The van der Waals surface area contributed by atoms with Crippen LogP contribution < -0.4 is 4.74 Å². The average Bonchev–Trinajstić information content (AvgIpc) is 2.41. The van der Waals surface area contributed by atoms with E-state index in [1.54, 1.807) is 0 Å². The number of rotatable bonds is 4. The van der Waals surface area contributed by atoms with Gasteiger partial charge in [-0.05, 0) is 57.7 Å². The summed E-state index contributed by atoms with van der Waals surface area (Å²) in [6.45, 7) is 8.09. The Bertz CT molecular complexity index is 482. The van der Waals surface area contributed by atoms with Crippen molar-refractivity contribution in [3.05, 3.63) is 28.8 Å². The summed E-state index contributed by atoms with van der Waals surface area (Å²) in [5.41, 5.74) is 3.00. The number of carbonyl (C=O) groups is 1. The molecule has 0 heterocycles. The highest BCUT2D eigenvalue weighted by molar-refractivity contribution is 6.01. The van der Waals surface area contributed by atoms with E-state index in [-0.39, 0.29) is 17.8 Å². The highest BCUT2D eigenvalue weighted by atomic mass is 16.5. The van der Waals surface area contributed by atoms with Gasteiger partial charge in [-0.2, -0.15) is 0 Å². The summed E-state index contributed by atoms with van der Waals surface area (Å²) in [6, 6.07) is 4.09. The molecule has 2 nitrogen and oxygen atoms in total. The van der Waals surface area contributed by atoms with Gasteiger partial charge in [-0.1, -0.05) is 25.3 Å². The maximum Gasteiger partial charge on any atom is 0.169 e. The first-order valence-corrected chi connectivity index (χ1v) is 7.81. The van der Waals surface area contributed by atoms with E-state index in [0.717, 1.165) is 35.3 Å². The van der Waals surface area contributed by atoms with Gasteiger partial charge in [-0.25, -0.2) is 0 Å². The lowest BCUT2D eigenvalue weighted by Crippen LogP contribution is -2.20. The second-order valence-corrected chi connectivity index (χ2v) is 6.32. The Morgan fingerprint density at radius 2 is 1.80 bits per heavy atom. The topological polar surface area (TPSA) is 26.3 Å². The van der Waals surface area contributed by atoms with Gasteiger partial charge in [-0.15, -0.1) is 0 Å². The molecule has 1 fully saturated rings. The van der Waals surface area contributed by atoms with E-state index in [1.165, 1.54) is 19.3 Å². The fourth-order valence-corrected chi connectivity index (χ4v) is 3.11. The van der Waals surface area contributed by atoms with Crippen molar-refractivity contribution in [2.24, 2.45) is 5.92 Å². The molecule has 0 unspecified atom stereocenters. The number of aryl methyl sites for hydroxylation is 2. The molecular formula is C18H26O2. The SMILES string of the molecule is Cc1cc(C)c(OC(C)C)c(C(=O)C2CCCCC2)c1. The third-order valence-corrected chi connectivity index (χ3v) is 4.01. The van der Waals surface area contributed by atoms with Crippen molar-refractivity contribution in [2.45, 2.75) is 65.9 Å². The molecule has 2 heteroatoms. The third kappa shape index (κ3) is 3.41. The van der Waals surface area contributed by atoms with Crippen molar-refractivity contribution in [1.29, 1.82) is 0 Å². The predicted molar refractivity (Wildman–Crippen MR) is 82.6 cm³/mol. The number of benzene rings is 1. The average molecular weight is 274 g/mol. The fourth-order valence-electron chi connectivity index (χ4n) is 3.11. The van der Waals surface area contributed by atoms with Gasteiger partial charge in [0.15, 0.2) is 5.78 Å². The van der Waals surface area contributed by atoms with Crippen LogP contribution >= 0.6 is 0 Å². The lowest BCUT2D eigenvalue weighted by atomic mass is 9.83. The van der Waals surface area contributed by atoms with Crippen LogP contribution in [0.15, 0.2) is 12.1 Å². The molecule has 20 heavy (non-hydrogen) atoms. The summed E-state index contributed by atoms with van der Waals surface area (Å²) in [7, 11) is 0.